The van der Waals surface area contributed by atoms with E-state index < -0.39 is 29.0 Å². The van der Waals surface area contributed by atoms with Gasteiger partial charge in [0.25, 0.3) is 0 Å². The summed E-state index contributed by atoms with van der Waals surface area (Å²) in [6, 6.07) is 7.80. The lowest BCUT2D eigenvalue weighted by molar-refractivity contribution is -0.137. The van der Waals surface area contributed by atoms with Gasteiger partial charge in [-0.3, -0.25) is 4.90 Å². The molecule has 30 heavy (non-hydrogen) atoms. The number of benzene rings is 2. The lowest BCUT2D eigenvalue weighted by Crippen LogP contribution is -2.37. The van der Waals surface area contributed by atoms with Crippen molar-refractivity contribution >= 4 is 0 Å². The summed E-state index contributed by atoms with van der Waals surface area (Å²) < 4.78 is 76.4. The molecule has 0 aromatic heterocycles. The standard InChI is InChI=1S/C20H20F5NO2.C2H6/c1-19(28-16-4-2-3-14(11-16)20(23,24)25)7-8-26(13-19)9-10-27-18-12-15(21)5-6-17(18)22;1-2/h2-6,11-12H,7-10,13H2,1H3;1-2H3. The molecule has 0 saturated carbocycles. The molecular weight excluding hydrogens is 405 g/mol. The minimum Gasteiger partial charge on any atom is -0.489 e. The van der Waals surface area contributed by atoms with Gasteiger partial charge in [0.2, 0.25) is 0 Å². The molecule has 1 aliphatic heterocycles. The molecule has 1 heterocycles. The Kier molecular flexibility index (Phi) is 8.06. The largest absolute Gasteiger partial charge is 0.489 e. The third-order valence-electron chi connectivity index (χ3n) is 4.60. The third-order valence-corrected chi connectivity index (χ3v) is 4.60. The molecule has 2 aromatic rings. The first-order chi connectivity index (χ1) is 14.1. The first-order valence-corrected chi connectivity index (χ1v) is 9.81. The van der Waals surface area contributed by atoms with Crippen molar-refractivity contribution in [3.05, 3.63) is 59.7 Å². The van der Waals surface area contributed by atoms with E-state index in [2.05, 4.69) is 0 Å². The number of hydrogen-bond donors (Lipinski definition) is 0. The molecule has 0 aliphatic carbocycles. The molecule has 2 aromatic carbocycles. The zero-order valence-electron chi connectivity index (χ0n) is 17.2. The Balaban J connectivity index is 0.00000155. The summed E-state index contributed by atoms with van der Waals surface area (Å²) >= 11 is 0. The van der Waals surface area contributed by atoms with Crippen molar-refractivity contribution in [1.29, 1.82) is 0 Å². The van der Waals surface area contributed by atoms with Crippen molar-refractivity contribution < 1.29 is 31.4 Å². The number of rotatable bonds is 6. The van der Waals surface area contributed by atoms with Gasteiger partial charge in [-0.25, -0.2) is 8.78 Å². The number of ether oxygens (including phenoxy) is 2. The fourth-order valence-corrected chi connectivity index (χ4v) is 3.19. The molecule has 1 unspecified atom stereocenters. The number of halogens is 5. The van der Waals surface area contributed by atoms with E-state index >= 15 is 0 Å². The van der Waals surface area contributed by atoms with Crippen LogP contribution >= 0.6 is 0 Å². The number of nitrogens with zero attached hydrogens (tertiary/aromatic N) is 1. The van der Waals surface area contributed by atoms with Crippen LogP contribution in [0.1, 0.15) is 32.8 Å². The Morgan fingerprint density at radius 3 is 2.50 bits per heavy atom. The average molecular weight is 431 g/mol. The normalized spacial score (nSPS) is 19.2. The van der Waals surface area contributed by atoms with Gasteiger partial charge in [-0.15, -0.1) is 0 Å². The van der Waals surface area contributed by atoms with E-state index in [4.69, 9.17) is 9.47 Å². The second-order valence-electron chi connectivity index (χ2n) is 7.03. The minimum absolute atomic E-state index is 0.151. The summed E-state index contributed by atoms with van der Waals surface area (Å²) in [5.41, 5.74) is -1.40. The molecule has 0 N–H and O–H groups in total. The van der Waals surface area contributed by atoms with Crippen molar-refractivity contribution in [2.75, 3.05) is 26.2 Å². The Bertz CT molecular complexity index is 827. The average Bonchev–Trinajstić information content (AvgIpc) is 3.06. The topological polar surface area (TPSA) is 21.7 Å². The smallest absolute Gasteiger partial charge is 0.416 e. The van der Waals surface area contributed by atoms with Gasteiger partial charge in [0, 0.05) is 32.1 Å². The maximum atomic E-state index is 13.5. The summed E-state index contributed by atoms with van der Waals surface area (Å²) in [5, 5.41) is 0. The lowest BCUT2D eigenvalue weighted by Gasteiger charge is -2.27. The van der Waals surface area contributed by atoms with E-state index in [-0.39, 0.29) is 18.1 Å². The first kappa shape index (κ1) is 23.9. The van der Waals surface area contributed by atoms with E-state index in [1.807, 2.05) is 25.7 Å². The van der Waals surface area contributed by atoms with Gasteiger partial charge in [0.1, 0.15) is 23.8 Å². The molecule has 166 valence electrons. The Morgan fingerprint density at radius 2 is 1.80 bits per heavy atom. The second kappa shape index (κ2) is 10.1. The molecule has 0 bridgehead atoms. The van der Waals surface area contributed by atoms with Gasteiger partial charge in [0.05, 0.1) is 5.56 Å². The van der Waals surface area contributed by atoms with Crippen LogP contribution in [0, 0.1) is 11.6 Å². The number of alkyl halides is 3. The van der Waals surface area contributed by atoms with Crippen LogP contribution in [0.4, 0.5) is 22.0 Å². The van der Waals surface area contributed by atoms with Gasteiger partial charge in [-0.1, -0.05) is 19.9 Å². The molecule has 3 rings (SSSR count). The van der Waals surface area contributed by atoms with Crippen LogP contribution in [0.2, 0.25) is 0 Å². The molecular formula is C22H26F5NO2. The van der Waals surface area contributed by atoms with Crippen LogP contribution in [0.5, 0.6) is 11.5 Å². The predicted molar refractivity (Wildman–Crippen MR) is 105 cm³/mol. The Labute approximate surface area is 173 Å². The molecule has 0 amide bonds. The van der Waals surface area contributed by atoms with E-state index in [0.29, 0.717) is 26.1 Å². The molecule has 1 atom stereocenters. The zero-order valence-corrected chi connectivity index (χ0v) is 17.2. The fourth-order valence-electron chi connectivity index (χ4n) is 3.19. The first-order valence-electron chi connectivity index (χ1n) is 9.81. The Morgan fingerprint density at radius 1 is 1.07 bits per heavy atom. The Hall–Kier alpha value is -2.35. The maximum Gasteiger partial charge on any atom is 0.416 e. The van der Waals surface area contributed by atoms with Gasteiger partial charge < -0.3 is 9.47 Å². The fraction of sp³-hybridized carbons (Fsp3) is 0.455. The highest BCUT2D eigenvalue weighted by atomic mass is 19.4. The highest BCUT2D eigenvalue weighted by molar-refractivity contribution is 5.31. The van der Waals surface area contributed by atoms with E-state index in [1.54, 1.807) is 0 Å². The summed E-state index contributed by atoms with van der Waals surface area (Å²) in [6.07, 6.45) is -3.80. The lowest BCUT2D eigenvalue weighted by atomic mass is 10.1. The number of likely N-dealkylation sites (tertiary alicyclic amines) is 1. The SMILES string of the molecule is CC.CC1(Oc2cccc(C(F)(F)F)c2)CCN(CCOc2cc(F)ccc2F)C1. The monoisotopic (exact) mass is 431 g/mol. The van der Waals surface area contributed by atoms with Crippen molar-refractivity contribution in [2.24, 2.45) is 0 Å². The molecule has 1 saturated heterocycles. The van der Waals surface area contributed by atoms with Crippen molar-refractivity contribution in [3.8, 4) is 11.5 Å². The summed E-state index contributed by atoms with van der Waals surface area (Å²) in [5.74, 6) is -1.21. The highest BCUT2D eigenvalue weighted by Gasteiger charge is 2.36. The molecule has 0 radical (unpaired) electrons. The van der Waals surface area contributed by atoms with E-state index in [9.17, 15) is 22.0 Å². The zero-order chi connectivity index (χ0) is 22.4. The van der Waals surface area contributed by atoms with Crippen molar-refractivity contribution in [3.63, 3.8) is 0 Å². The summed E-state index contributed by atoms with van der Waals surface area (Å²) in [4.78, 5) is 2.00. The van der Waals surface area contributed by atoms with Crippen LogP contribution < -0.4 is 9.47 Å². The molecule has 1 fully saturated rings. The van der Waals surface area contributed by atoms with Crippen LogP contribution in [0.15, 0.2) is 42.5 Å². The van der Waals surface area contributed by atoms with Crippen LogP contribution in [-0.4, -0.2) is 36.7 Å². The van der Waals surface area contributed by atoms with E-state index in [1.165, 1.54) is 12.1 Å². The predicted octanol–water partition coefficient (Wildman–Crippen LogP) is 5.93. The van der Waals surface area contributed by atoms with Crippen LogP contribution in [-0.2, 0) is 6.18 Å². The second-order valence-corrected chi connectivity index (χ2v) is 7.03. The van der Waals surface area contributed by atoms with Crippen LogP contribution in [0.25, 0.3) is 0 Å². The summed E-state index contributed by atoms with van der Waals surface area (Å²) in [7, 11) is 0. The molecule has 0 spiro atoms. The molecule has 1 aliphatic rings. The van der Waals surface area contributed by atoms with Gasteiger partial charge in [-0.2, -0.15) is 13.2 Å². The van der Waals surface area contributed by atoms with Gasteiger partial charge in [0.15, 0.2) is 11.6 Å². The van der Waals surface area contributed by atoms with Crippen molar-refractivity contribution in [2.45, 2.75) is 39.0 Å². The van der Waals surface area contributed by atoms with Gasteiger partial charge in [-0.05, 0) is 37.3 Å². The molecule has 3 nitrogen and oxygen atoms in total. The quantitative estimate of drug-likeness (QED) is 0.529. The maximum absolute atomic E-state index is 13.5. The van der Waals surface area contributed by atoms with Crippen LogP contribution in [0.3, 0.4) is 0 Å². The number of hydrogen-bond acceptors (Lipinski definition) is 3. The molecule has 8 heteroatoms. The highest BCUT2D eigenvalue weighted by Crippen LogP contribution is 2.34. The van der Waals surface area contributed by atoms with E-state index in [0.717, 1.165) is 30.3 Å². The minimum atomic E-state index is -4.43. The summed E-state index contributed by atoms with van der Waals surface area (Å²) in [6.45, 7) is 7.58. The van der Waals surface area contributed by atoms with Gasteiger partial charge >= 0.3 is 6.18 Å². The van der Waals surface area contributed by atoms with Crippen molar-refractivity contribution in [1.82, 2.24) is 4.90 Å². The third kappa shape index (κ3) is 6.58.